The Morgan fingerprint density at radius 1 is 0.489 bits per heavy atom. The van der Waals surface area contributed by atoms with Crippen LogP contribution in [0.5, 0.6) is 0 Å². The van der Waals surface area contributed by atoms with Gasteiger partial charge in [0.25, 0.3) is 0 Å². The van der Waals surface area contributed by atoms with Gasteiger partial charge in [-0.05, 0) is 75.0 Å². The summed E-state index contributed by atoms with van der Waals surface area (Å²) in [6.45, 7) is 0. The Bertz CT molecular complexity index is 2450. The summed E-state index contributed by atoms with van der Waals surface area (Å²) < 4.78 is 2.39. The molecular formula is C44H31N3. The molecule has 1 aliphatic heterocycles. The molecule has 3 nitrogen and oxygen atoms in total. The molecule has 3 heteroatoms. The third-order valence-electron chi connectivity index (χ3n) is 9.22. The molecule has 1 unspecified atom stereocenters. The zero-order valence-corrected chi connectivity index (χ0v) is 25.7. The number of hydrogen-bond donors (Lipinski definition) is 1. The maximum Gasteiger partial charge on any atom is 0.145 e. The Morgan fingerprint density at radius 3 is 1.91 bits per heavy atom. The minimum absolute atomic E-state index is 0.167. The van der Waals surface area contributed by atoms with Crippen LogP contribution in [0.15, 0.2) is 181 Å². The average Bonchev–Trinajstić information content (AvgIpc) is 3.50. The molecule has 0 spiro atoms. The minimum Gasteiger partial charge on any atom is -0.360 e. The van der Waals surface area contributed by atoms with E-state index in [0.29, 0.717) is 0 Å². The molecule has 8 aromatic rings. The molecule has 9 rings (SSSR count). The Balaban J connectivity index is 1.15. The van der Waals surface area contributed by atoms with Gasteiger partial charge >= 0.3 is 0 Å². The van der Waals surface area contributed by atoms with Crippen molar-refractivity contribution in [3.05, 3.63) is 193 Å². The number of benzene rings is 7. The smallest absolute Gasteiger partial charge is 0.145 e. The number of aliphatic imine (C=N–C) groups is 1. The van der Waals surface area contributed by atoms with Crippen LogP contribution in [0.2, 0.25) is 0 Å². The highest BCUT2D eigenvalue weighted by atomic mass is 15.1. The Labute approximate surface area is 273 Å². The van der Waals surface area contributed by atoms with Gasteiger partial charge in [0, 0.05) is 22.2 Å². The van der Waals surface area contributed by atoms with E-state index < -0.39 is 0 Å². The third kappa shape index (κ3) is 4.81. The monoisotopic (exact) mass is 601 g/mol. The van der Waals surface area contributed by atoms with E-state index in [1.54, 1.807) is 0 Å². The first-order valence-corrected chi connectivity index (χ1v) is 16.1. The Kier molecular flexibility index (Phi) is 6.53. The fourth-order valence-electron chi connectivity index (χ4n) is 6.94. The molecular weight excluding hydrogens is 571 g/mol. The van der Waals surface area contributed by atoms with E-state index >= 15 is 0 Å². The van der Waals surface area contributed by atoms with Gasteiger partial charge in [0.15, 0.2) is 0 Å². The van der Waals surface area contributed by atoms with E-state index in [1.807, 2.05) is 6.07 Å². The van der Waals surface area contributed by atoms with Crippen molar-refractivity contribution in [3.8, 4) is 16.8 Å². The van der Waals surface area contributed by atoms with E-state index in [-0.39, 0.29) is 6.17 Å². The lowest BCUT2D eigenvalue weighted by Crippen LogP contribution is -2.24. The summed E-state index contributed by atoms with van der Waals surface area (Å²) in [5.41, 5.74) is 11.4. The molecule has 0 aliphatic carbocycles. The van der Waals surface area contributed by atoms with Crippen LogP contribution in [0.1, 0.15) is 22.9 Å². The van der Waals surface area contributed by atoms with Crippen LogP contribution in [0.25, 0.3) is 55.1 Å². The van der Waals surface area contributed by atoms with E-state index in [1.165, 1.54) is 43.7 Å². The number of allylic oxidation sites excluding steroid dienone is 1. The SMILES string of the molecule is C1=C(c2ccccc2)NC(c2ccccc2)N=C1c1ccc(-n2c3ccccc3c3c4ccc(-c5ccccc5)cc4ccc32)cc1. The van der Waals surface area contributed by atoms with Crippen molar-refractivity contribution < 1.29 is 0 Å². The van der Waals surface area contributed by atoms with Crippen LogP contribution in [-0.2, 0) is 0 Å². The zero-order chi connectivity index (χ0) is 31.2. The fourth-order valence-corrected chi connectivity index (χ4v) is 6.94. The summed E-state index contributed by atoms with van der Waals surface area (Å²) in [5.74, 6) is 0. The Morgan fingerprint density at radius 2 is 1.15 bits per heavy atom. The lowest BCUT2D eigenvalue weighted by molar-refractivity contribution is 0.664. The number of para-hydroxylation sites is 1. The van der Waals surface area contributed by atoms with Gasteiger partial charge in [0.1, 0.15) is 6.17 Å². The van der Waals surface area contributed by atoms with Gasteiger partial charge in [0.2, 0.25) is 0 Å². The molecule has 0 amide bonds. The molecule has 1 atom stereocenters. The molecule has 2 heterocycles. The third-order valence-corrected chi connectivity index (χ3v) is 9.22. The summed E-state index contributed by atoms with van der Waals surface area (Å²) in [5, 5.41) is 8.71. The minimum atomic E-state index is -0.167. The van der Waals surface area contributed by atoms with E-state index in [2.05, 4.69) is 180 Å². The van der Waals surface area contributed by atoms with Crippen LogP contribution >= 0.6 is 0 Å². The number of rotatable bonds is 5. The summed E-state index contributed by atoms with van der Waals surface area (Å²) >= 11 is 0. The van der Waals surface area contributed by atoms with Gasteiger partial charge in [0.05, 0.1) is 16.7 Å². The van der Waals surface area contributed by atoms with Gasteiger partial charge in [-0.25, -0.2) is 0 Å². The standard InChI is InChI=1S/C44H31N3/c1-4-12-30(13-5-1)34-22-26-37-35(28-34)23-27-42-43(37)38-18-10-11-19-41(38)47(42)36-24-20-32(21-25-36)40-29-39(31-14-6-2-7-15-31)45-44(46-40)33-16-8-3-9-17-33/h1-29,44-45H. The van der Waals surface area contributed by atoms with Crippen molar-refractivity contribution in [3.63, 3.8) is 0 Å². The number of hydrogen-bond acceptors (Lipinski definition) is 2. The second-order valence-corrected chi connectivity index (χ2v) is 12.1. The first-order valence-electron chi connectivity index (χ1n) is 16.1. The molecule has 0 fully saturated rings. The van der Waals surface area contributed by atoms with Crippen LogP contribution < -0.4 is 5.32 Å². The zero-order valence-electron chi connectivity index (χ0n) is 25.7. The molecule has 7 aromatic carbocycles. The van der Waals surface area contributed by atoms with Crippen molar-refractivity contribution in [1.82, 2.24) is 9.88 Å². The first kappa shape index (κ1) is 27.1. The maximum absolute atomic E-state index is 5.18. The quantitative estimate of drug-likeness (QED) is 0.209. The van der Waals surface area contributed by atoms with E-state index in [4.69, 9.17) is 4.99 Å². The number of fused-ring (bicyclic) bond motifs is 5. The highest BCUT2D eigenvalue weighted by Crippen LogP contribution is 2.38. The van der Waals surface area contributed by atoms with Crippen molar-refractivity contribution in [2.45, 2.75) is 6.17 Å². The summed E-state index contributed by atoms with van der Waals surface area (Å²) in [7, 11) is 0. The molecule has 0 radical (unpaired) electrons. The fraction of sp³-hybridized carbons (Fsp3) is 0.0227. The predicted molar refractivity (Wildman–Crippen MR) is 197 cm³/mol. The highest BCUT2D eigenvalue weighted by molar-refractivity contribution is 6.21. The molecule has 222 valence electrons. The van der Waals surface area contributed by atoms with Gasteiger partial charge in [-0.1, -0.05) is 140 Å². The lowest BCUT2D eigenvalue weighted by Gasteiger charge is -2.25. The molecule has 0 bridgehead atoms. The van der Waals surface area contributed by atoms with Crippen LogP contribution in [0, 0.1) is 0 Å². The van der Waals surface area contributed by atoms with Crippen molar-refractivity contribution >= 4 is 44.0 Å². The molecule has 1 aromatic heterocycles. The van der Waals surface area contributed by atoms with E-state index in [0.717, 1.165) is 33.8 Å². The number of nitrogens with zero attached hydrogens (tertiary/aromatic N) is 2. The van der Waals surface area contributed by atoms with Gasteiger partial charge in [-0.15, -0.1) is 0 Å². The van der Waals surface area contributed by atoms with Gasteiger partial charge < -0.3 is 9.88 Å². The van der Waals surface area contributed by atoms with Gasteiger partial charge in [-0.3, -0.25) is 4.99 Å². The molecule has 0 saturated heterocycles. The lowest BCUT2D eigenvalue weighted by atomic mass is 9.98. The number of aromatic nitrogens is 1. The largest absolute Gasteiger partial charge is 0.360 e. The normalized spacial score (nSPS) is 14.6. The second-order valence-electron chi connectivity index (χ2n) is 12.1. The van der Waals surface area contributed by atoms with Crippen LogP contribution in [0.4, 0.5) is 0 Å². The maximum atomic E-state index is 5.18. The summed E-state index contributed by atoms with van der Waals surface area (Å²) in [4.78, 5) is 5.18. The predicted octanol–water partition coefficient (Wildman–Crippen LogP) is 10.7. The highest BCUT2D eigenvalue weighted by Gasteiger charge is 2.20. The van der Waals surface area contributed by atoms with Crippen LogP contribution in [-0.4, -0.2) is 10.3 Å². The molecule has 47 heavy (non-hydrogen) atoms. The average molecular weight is 602 g/mol. The topological polar surface area (TPSA) is 29.3 Å². The summed E-state index contributed by atoms with van der Waals surface area (Å²) in [6.07, 6.45) is 2.00. The number of nitrogens with one attached hydrogen (secondary N) is 1. The van der Waals surface area contributed by atoms with Crippen molar-refractivity contribution in [2.75, 3.05) is 0 Å². The molecule has 0 saturated carbocycles. The van der Waals surface area contributed by atoms with Crippen molar-refractivity contribution in [2.24, 2.45) is 4.99 Å². The van der Waals surface area contributed by atoms with Crippen LogP contribution in [0.3, 0.4) is 0 Å². The first-order chi connectivity index (χ1) is 23.3. The summed E-state index contributed by atoms with van der Waals surface area (Å²) in [6, 6.07) is 60.5. The molecule has 1 aliphatic rings. The van der Waals surface area contributed by atoms with Gasteiger partial charge in [-0.2, -0.15) is 0 Å². The Hall–Kier alpha value is -6.19. The molecule has 1 N–H and O–H groups in total. The van der Waals surface area contributed by atoms with E-state index in [9.17, 15) is 0 Å². The second kappa shape index (κ2) is 11.3. The van der Waals surface area contributed by atoms with Crippen molar-refractivity contribution in [1.29, 1.82) is 0 Å².